The van der Waals surface area contributed by atoms with Gasteiger partial charge in [-0.2, -0.15) is 0 Å². The molecule has 10 rings (SSSR count). The van der Waals surface area contributed by atoms with E-state index in [4.69, 9.17) is 0 Å². The molecule has 0 radical (unpaired) electrons. The minimum atomic E-state index is 0.195. The van der Waals surface area contributed by atoms with E-state index in [0.29, 0.717) is 77.2 Å². The quantitative estimate of drug-likeness (QED) is 0.208. The van der Waals surface area contributed by atoms with Crippen LogP contribution in [0.4, 0.5) is 24.0 Å². The summed E-state index contributed by atoms with van der Waals surface area (Å²) >= 11 is 0. The molecule has 520 valence electrons. The smallest absolute Gasteiger partial charge is 0.320 e. The molecule has 10 saturated heterocycles. The molecule has 20 nitrogen and oxygen atoms in total. The Morgan fingerprint density at radius 3 is 1.08 bits per heavy atom. The third kappa shape index (κ3) is 17.2. The van der Waals surface area contributed by atoms with E-state index in [-0.39, 0.29) is 60.4 Å². The van der Waals surface area contributed by atoms with Crippen LogP contribution in [0.5, 0.6) is 0 Å². The van der Waals surface area contributed by atoms with Gasteiger partial charge in [-0.15, -0.1) is 0 Å². The zero-order valence-corrected chi connectivity index (χ0v) is 62.0. The molecule has 0 aromatic carbocycles. The Morgan fingerprint density at radius 2 is 0.700 bits per heavy atom. The summed E-state index contributed by atoms with van der Waals surface area (Å²) in [5.41, 5.74) is 0.915. The van der Waals surface area contributed by atoms with Gasteiger partial charge in [-0.05, 0) is 189 Å². The van der Waals surface area contributed by atoms with E-state index in [9.17, 15) is 24.0 Å². The Labute approximate surface area is 549 Å². The SMILES string of the molecule is CC(C)N(C)C(=O)N1CC2C1CCN2C(C)C.CC(C)N(C)C(=O)N1CCC2(CC1)CCN2C(C)C.CC(C)N1CC2(CCN(C(=O)N(C)C(C)C)CC2)C1.CC(C)N1CC2CN(C(=O)N(C)C(C)C)C2C1.CC(C)N1CCC2C(C1)CN2C(=O)N(C)C(C)C. The third-order valence-corrected chi connectivity index (χ3v) is 23.3. The lowest BCUT2D eigenvalue weighted by Crippen LogP contribution is -2.67. The fraction of sp³-hybridized carbons (Fsp3) is 0.929. The van der Waals surface area contributed by atoms with Crippen LogP contribution in [0.1, 0.15) is 183 Å². The fourth-order valence-electron chi connectivity index (χ4n) is 15.2. The van der Waals surface area contributed by atoms with Crippen molar-refractivity contribution < 1.29 is 24.0 Å². The van der Waals surface area contributed by atoms with Crippen LogP contribution in [0, 0.1) is 17.3 Å². The van der Waals surface area contributed by atoms with Crippen LogP contribution in [0.15, 0.2) is 0 Å². The molecule has 10 fully saturated rings. The number of carbonyl (C=O) groups excluding carboxylic acids is 5. The summed E-state index contributed by atoms with van der Waals surface area (Å²) in [4.78, 5) is 93.5. The number of hydrogen-bond acceptors (Lipinski definition) is 10. The minimum Gasteiger partial charge on any atom is -0.325 e. The highest BCUT2D eigenvalue weighted by Gasteiger charge is 2.53. The summed E-state index contributed by atoms with van der Waals surface area (Å²) in [7, 11) is 9.51. The van der Waals surface area contributed by atoms with Crippen LogP contribution < -0.4 is 0 Å². The standard InChI is InChI=1S/2C15H29N3O.C14H27N3O.2C13H25N3O/c1-12(2)16(5)14(19)17-9-6-15(7-10-17)8-11-18(15)13(3)4;1-12(2)16(5)14(19)17-8-6-15(7-9-17)10-18(11-15)13(3)4;1-10(2)15(5)14(18)17-9-12-8-16(11(3)4)7-6-13(12)17;1-9(2)14(5)13(17)16-7-11-6-15(10(3)4)8-12(11)16;1-9(2)14(5)13(17)16-8-12-11(16)6-7-15(12)10(3)4/h2*12-13H,6-11H2,1-5H3;10-13H,6-9H2,1-5H3;2*9-12H,6-8H2,1-5H3. The average molecular weight is 1270 g/mol. The maximum atomic E-state index is 12.3. The summed E-state index contributed by atoms with van der Waals surface area (Å²) in [6, 6.07) is 7.58. The highest BCUT2D eigenvalue weighted by molar-refractivity contribution is 5.77. The molecule has 0 N–H and O–H groups in total. The Balaban J connectivity index is 0.000000179. The molecule has 10 aliphatic heterocycles. The first kappa shape index (κ1) is 75.2. The molecule has 0 bridgehead atoms. The second-order valence-corrected chi connectivity index (χ2v) is 32.0. The molecule has 10 amide bonds. The molecule has 2 spiro atoms. The van der Waals surface area contributed by atoms with Crippen molar-refractivity contribution in [1.29, 1.82) is 0 Å². The summed E-state index contributed by atoms with van der Waals surface area (Å²) in [6.07, 6.45) is 8.22. The number of likely N-dealkylation sites (tertiary alicyclic amines) is 10. The van der Waals surface area contributed by atoms with E-state index in [1.165, 1.54) is 38.9 Å². The first-order valence-corrected chi connectivity index (χ1v) is 35.9. The molecule has 90 heavy (non-hydrogen) atoms. The number of nitrogens with zero attached hydrogens (tertiary/aromatic N) is 15. The molecule has 20 heteroatoms. The van der Waals surface area contributed by atoms with Crippen molar-refractivity contribution in [2.24, 2.45) is 17.3 Å². The average Bonchev–Trinajstić information content (AvgIpc) is 1.31. The predicted molar refractivity (Wildman–Crippen MR) is 368 cm³/mol. The van der Waals surface area contributed by atoms with Crippen molar-refractivity contribution in [2.75, 3.05) is 133 Å². The van der Waals surface area contributed by atoms with Crippen molar-refractivity contribution in [3.8, 4) is 0 Å². The van der Waals surface area contributed by atoms with Crippen molar-refractivity contribution in [2.45, 2.75) is 274 Å². The zero-order chi connectivity index (χ0) is 67.3. The molecular formula is C70H135N15O5. The van der Waals surface area contributed by atoms with E-state index in [1.54, 1.807) is 0 Å². The van der Waals surface area contributed by atoms with Crippen LogP contribution in [0.3, 0.4) is 0 Å². The lowest BCUT2D eigenvalue weighted by atomic mass is 9.71. The summed E-state index contributed by atoms with van der Waals surface area (Å²) < 4.78 is 0. The Hall–Kier alpha value is -3.85. The first-order chi connectivity index (χ1) is 42.0. The molecule has 0 aromatic heterocycles. The molecule has 6 atom stereocenters. The largest absolute Gasteiger partial charge is 0.325 e. The highest BCUT2D eigenvalue weighted by Crippen LogP contribution is 2.43. The fourth-order valence-corrected chi connectivity index (χ4v) is 15.2. The maximum Gasteiger partial charge on any atom is 0.320 e. The highest BCUT2D eigenvalue weighted by atomic mass is 16.2. The van der Waals surface area contributed by atoms with Gasteiger partial charge in [-0.1, -0.05) is 0 Å². The second kappa shape index (κ2) is 31.6. The number of rotatable bonds is 10. The van der Waals surface area contributed by atoms with Crippen LogP contribution in [0.25, 0.3) is 0 Å². The molecule has 10 heterocycles. The van der Waals surface area contributed by atoms with Gasteiger partial charge in [0.05, 0.1) is 12.1 Å². The number of carbonyl (C=O) groups is 5. The van der Waals surface area contributed by atoms with Crippen molar-refractivity contribution >= 4 is 30.2 Å². The van der Waals surface area contributed by atoms with Gasteiger partial charge in [-0.3, -0.25) is 19.6 Å². The van der Waals surface area contributed by atoms with Crippen molar-refractivity contribution in [1.82, 2.24) is 73.5 Å². The molecular weight excluding hydrogens is 1130 g/mol. The number of fused-ring (bicyclic) bond motifs is 3. The molecule has 0 aromatic rings. The monoisotopic (exact) mass is 1270 g/mol. The topological polar surface area (TPSA) is 134 Å². The van der Waals surface area contributed by atoms with Gasteiger partial charge in [0, 0.05) is 223 Å². The van der Waals surface area contributed by atoms with E-state index in [2.05, 4.69) is 168 Å². The number of hydrogen-bond donors (Lipinski definition) is 0. The van der Waals surface area contributed by atoms with Gasteiger partial charge >= 0.3 is 30.2 Å². The molecule has 0 saturated carbocycles. The van der Waals surface area contributed by atoms with Gasteiger partial charge in [0.25, 0.3) is 0 Å². The van der Waals surface area contributed by atoms with Gasteiger partial charge < -0.3 is 53.9 Å². The van der Waals surface area contributed by atoms with E-state index in [1.807, 2.05) is 79.3 Å². The van der Waals surface area contributed by atoms with E-state index < -0.39 is 0 Å². The first-order valence-electron chi connectivity index (χ1n) is 35.9. The van der Waals surface area contributed by atoms with Crippen LogP contribution in [0.2, 0.25) is 0 Å². The van der Waals surface area contributed by atoms with Gasteiger partial charge in [0.15, 0.2) is 0 Å². The van der Waals surface area contributed by atoms with Gasteiger partial charge in [0.1, 0.15) is 0 Å². The number of amides is 10. The van der Waals surface area contributed by atoms with E-state index >= 15 is 0 Å². The van der Waals surface area contributed by atoms with Crippen molar-refractivity contribution in [3.05, 3.63) is 0 Å². The Morgan fingerprint density at radius 1 is 0.333 bits per heavy atom. The third-order valence-electron chi connectivity index (χ3n) is 23.3. The van der Waals surface area contributed by atoms with Gasteiger partial charge in [0.2, 0.25) is 0 Å². The Kier molecular flexibility index (Phi) is 26.4. The normalized spacial score (nSPS) is 26.1. The molecule has 10 aliphatic rings. The lowest BCUT2D eigenvalue weighted by Gasteiger charge is -2.58. The van der Waals surface area contributed by atoms with Crippen molar-refractivity contribution in [3.63, 3.8) is 0 Å². The Bertz CT molecular complexity index is 2280. The lowest BCUT2D eigenvalue weighted by molar-refractivity contribution is -0.0738. The summed E-state index contributed by atoms with van der Waals surface area (Å²) in [5.74, 6) is 1.41. The second-order valence-electron chi connectivity index (χ2n) is 32.0. The van der Waals surface area contributed by atoms with Crippen LogP contribution >= 0.6 is 0 Å². The maximum absolute atomic E-state index is 12.3. The molecule has 0 aliphatic carbocycles. The predicted octanol–water partition coefficient (Wildman–Crippen LogP) is 9.59. The summed E-state index contributed by atoms with van der Waals surface area (Å²) in [5, 5.41) is 0. The van der Waals surface area contributed by atoms with Crippen LogP contribution in [-0.2, 0) is 0 Å². The van der Waals surface area contributed by atoms with Gasteiger partial charge in [-0.25, -0.2) is 24.0 Å². The van der Waals surface area contributed by atoms with Crippen LogP contribution in [-0.4, -0.2) is 327 Å². The zero-order valence-electron chi connectivity index (χ0n) is 62.0. The number of urea groups is 5. The minimum absolute atomic E-state index is 0.195. The molecule has 6 unspecified atom stereocenters. The van der Waals surface area contributed by atoms with E-state index in [0.717, 1.165) is 104 Å². The number of piperidine rings is 3. The summed E-state index contributed by atoms with van der Waals surface area (Å²) in [6.45, 7) is 59.1.